The number of aromatic amines is 2. The number of esters is 1. The van der Waals surface area contributed by atoms with E-state index in [0.29, 0.717) is 29.4 Å². The summed E-state index contributed by atoms with van der Waals surface area (Å²) in [4.78, 5) is 56.5. The van der Waals surface area contributed by atoms with Crippen LogP contribution < -0.4 is 51.3 Å². The van der Waals surface area contributed by atoms with E-state index in [4.69, 9.17) is 5.73 Å². The van der Waals surface area contributed by atoms with Gasteiger partial charge in [0.2, 0.25) is 5.95 Å². The molecule has 0 saturated carbocycles. The zero-order valence-corrected chi connectivity index (χ0v) is 20.3. The number of amides is 1. The van der Waals surface area contributed by atoms with E-state index >= 15 is 0 Å². The van der Waals surface area contributed by atoms with Crippen molar-refractivity contribution >= 4 is 34.8 Å². The summed E-state index contributed by atoms with van der Waals surface area (Å²) in [6, 6.07) is 5.63. The van der Waals surface area contributed by atoms with Crippen molar-refractivity contribution in [2.24, 2.45) is 0 Å². The number of carbonyl (C=O) groups is 3. The van der Waals surface area contributed by atoms with E-state index in [1.54, 1.807) is 30.5 Å². The van der Waals surface area contributed by atoms with Crippen LogP contribution in [0.5, 0.6) is 0 Å². The van der Waals surface area contributed by atoms with E-state index in [-0.39, 0.29) is 47.5 Å². The molecular formula is C21H22N5NaO6. The second kappa shape index (κ2) is 11.6. The van der Waals surface area contributed by atoms with E-state index < -0.39 is 30.3 Å². The number of nitrogens with zero attached hydrogens (tertiary/aromatic N) is 1. The Bertz CT molecular complexity index is 1200. The van der Waals surface area contributed by atoms with Gasteiger partial charge in [0.25, 0.3) is 11.5 Å². The molecule has 1 aromatic carbocycles. The smallest absolute Gasteiger partial charge is 0.550 e. The van der Waals surface area contributed by atoms with E-state index in [0.717, 1.165) is 18.2 Å². The van der Waals surface area contributed by atoms with Gasteiger partial charge in [0.05, 0.1) is 12.5 Å². The summed E-state index contributed by atoms with van der Waals surface area (Å²) >= 11 is 0. The van der Waals surface area contributed by atoms with Crippen molar-refractivity contribution < 1.29 is 53.8 Å². The Morgan fingerprint density at radius 3 is 2.55 bits per heavy atom. The number of carboxylic acid groups (broad SMARTS) is 1. The molecule has 1 atom stereocenters. The molecule has 11 nitrogen and oxygen atoms in total. The maximum absolute atomic E-state index is 12.4. The number of hydrogen-bond donors (Lipinski definition) is 4. The van der Waals surface area contributed by atoms with Gasteiger partial charge in [0.15, 0.2) is 0 Å². The number of aliphatic carboxylic acids is 1. The van der Waals surface area contributed by atoms with E-state index in [9.17, 15) is 24.3 Å². The Balaban J connectivity index is 0.00000385. The molecule has 0 aliphatic rings. The number of aryl methyl sites for hydroxylation is 2. The van der Waals surface area contributed by atoms with Gasteiger partial charge in [-0.2, -0.15) is 4.98 Å². The van der Waals surface area contributed by atoms with Gasteiger partial charge < -0.3 is 30.7 Å². The summed E-state index contributed by atoms with van der Waals surface area (Å²) < 4.78 is 4.61. The standard InChI is InChI=1S/C21H23N5O6.Na/c1-32-20(31)14(8-9-15(27)28)24-18(29)12-5-2-11(3-6-12)4-7-13-10-23-17-16(13)19(30)26-21(22)25-17;/h2-3,5-6,10,14H,4,7-9H2,1H3,(H,24,29)(H,27,28)(H4,22,23,25,26,30);/q;+1/p-1/t14-;/m0./s1. The monoisotopic (exact) mass is 463 g/mol. The molecule has 0 radical (unpaired) electrons. The Hall–Kier alpha value is -3.15. The van der Waals surface area contributed by atoms with Crippen LogP contribution in [0.3, 0.4) is 0 Å². The molecule has 1 amide bonds. The maximum atomic E-state index is 12.4. The fourth-order valence-corrected chi connectivity index (χ4v) is 3.31. The summed E-state index contributed by atoms with van der Waals surface area (Å²) in [6.45, 7) is 0. The van der Waals surface area contributed by atoms with Crippen molar-refractivity contribution in [1.29, 1.82) is 0 Å². The van der Waals surface area contributed by atoms with Gasteiger partial charge in [0.1, 0.15) is 11.7 Å². The molecule has 0 unspecified atom stereocenters. The van der Waals surface area contributed by atoms with Crippen LogP contribution in [-0.2, 0) is 27.2 Å². The van der Waals surface area contributed by atoms with Crippen LogP contribution in [0.25, 0.3) is 11.0 Å². The topological polar surface area (TPSA) is 183 Å². The molecule has 33 heavy (non-hydrogen) atoms. The molecule has 0 bridgehead atoms. The van der Waals surface area contributed by atoms with Crippen molar-refractivity contribution in [2.45, 2.75) is 31.7 Å². The summed E-state index contributed by atoms with van der Waals surface area (Å²) in [5.41, 5.74) is 7.69. The number of hydrogen-bond acceptors (Lipinski definition) is 8. The number of anilines is 1. The number of aromatic nitrogens is 3. The number of ether oxygens (including phenoxy) is 1. The van der Waals surface area contributed by atoms with Crippen molar-refractivity contribution in [3.8, 4) is 0 Å². The zero-order chi connectivity index (χ0) is 23.3. The first-order valence-electron chi connectivity index (χ1n) is 9.81. The third-order valence-corrected chi connectivity index (χ3v) is 4.97. The summed E-state index contributed by atoms with van der Waals surface area (Å²) in [5.74, 6) is -2.55. The molecule has 2 aromatic heterocycles. The summed E-state index contributed by atoms with van der Waals surface area (Å²) in [7, 11) is 1.15. The number of rotatable bonds is 9. The zero-order valence-electron chi connectivity index (χ0n) is 18.3. The molecule has 5 N–H and O–H groups in total. The second-order valence-electron chi connectivity index (χ2n) is 7.15. The summed E-state index contributed by atoms with van der Waals surface area (Å²) in [5, 5.41) is 13.6. The van der Waals surface area contributed by atoms with Crippen molar-refractivity contribution in [3.63, 3.8) is 0 Å². The summed E-state index contributed by atoms with van der Waals surface area (Å²) in [6.07, 6.45) is 2.36. The SMILES string of the molecule is COC(=O)[C@H](CCC(=O)[O-])NC(=O)c1ccc(CCc2c[nH]c3nc(N)[nH]c(=O)c23)cc1.[Na+]. The normalized spacial score (nSPS) is 11.4. The molecule has 0 aliphatic carbocycles. The molecule has 0 spiro atoms. The van der Waals surface area contributed by atoms with Crippen LogP contribution >= 0.6 is 0 Å². The van der Waals surface area contributed by atoms with Crippen molar-refractivity contribution in [2.75, 3.05) is 12.8 Å². The second-order valence-corrected chi connectivity index (χ2v) is 7.15. The predicted molar refractivity (Wildman–Crippen MR) is 112 cm³/mol. The minimum Gasteiger partial charge on any atom is -0.550 e. The minimum atomic E-state index is -1.33. The van der Waals surface area contributed by atoms with Crippen LogP contribution in [0.4, 0.5) is 5.95 Å². The number of methoxy groups -OCH3 is 1. The first-order valence-corrected chi connectivity index (χ1v) is 9.81. The number of benzene rings is 1. The van der Waals surface area contributed by atoms with Gasteiger partial charge in [-0.05, 0) is 48.9 Å². The van der Waals surface area contributed by atoms with Gasteiger partial charge in [-0.15, -0.1) is 0 Å². The van der Waals surface area contributed by atoms with Crippen LogP contribution in [0.1, 0.15) is 34.3 Å². The predicted octanol–water partition coefficient (Wildman–Crippen LogP) is -3.58. The fourth-order valence-electron chi connectivity index (χ4n) is 3.31. The Kier molecular flexibility index (Phi) is 9.21. The number of nitrogen functional groups attached to an aromatic ring is 1. The Labute approximate surface area is 210 Å². The van der Waals surface area contributed by atoms with Gasteiger partial charge in [-0.1, -0.05) is 12.1 Å². The third-order valence-electron chi connectivity index (χ3n) is 4.97. The number of carboxylic acids is 1. The van der Waals surface area contributed by atoms with Crippen LogP contribution in [0.2, 0.25) is 0 Å². The molecule has 2 heterocycles. The third kappa shape index (κ3) is 6.67. The number of H-pyrrole nitrogens is 2. The van der Waals surface area contributed by atoms with E-state index in [1.165, 1.54) is 0 Å². The average Bonchev–Trinajstić information content (AvgIpc) is 3.17. The average molecular weight is 463 g/mol. The molecule has 0 fully saturated rings. The minimum absolute atomic E-state index is 0. The van der Waals surface area contributed by atoms with Gasteiger partial charge in [-0.25, -0.2) is 4.79 Å². The molecule has 3 aromatic rings. The number of carbonyl (C=O) groups excluding carboxylic acids is 3. The molecule has 12 heteroatoms. The molecular weight excluding hydrogens is 441 g/mol. The quantitative estimate of drug-likeness (QED) is 0.185. The van der Waals surface area contributed by atoms with Crippen LogP contribution in [0.15, 0.2) is 35.3 Å². The first-order chi connectivity index (χ1) is 15.3. The Morgan fingerprint density at radius 1 is 1.21 bits per heavy atom. The molecule has 0 saturated heterocycles. The van der Waals surface area contributed by atoms with Crippen molar-refractivity contribution in [1.82, 2.24) is 20.3 Å². The van der Waals surface area contributed by atoms with Crippen LogP contribution in [0, 0.1) is 0 Å². The van der Waals surface area contributed by atoms with Crippen LogP contribution in [-0.4, -0.2) is 45.9 Å². The largest absolute Gasteiger partial charge is 1.00 e. The van der Waals surface area contributed by atoms with Gasteiger partial charge in [0, 0.05) is 17.7 Å². The number of nitrogens with two attached hydrogens (primary N) is 1. The van der Waals surface area contributed by atoms with Gasteiger partial charge >= 0.3 is 35.5 Å². The van der Waals surface area contributed by atoms with Gasteiger partial charge in [-0.3, -0.25) is 14.6 Å². The van der Waals surface area contributed by atoms with E-state index in [1.807, 2.05) is 0 Å². The van der Waals surface area contributed by atoms with Crippen molar-refractivity contribution in [3.05, 3.63) is 57.5 Å². The number of fused-ring (bicyclic) bond motifs is 1. The molecule has 3 rings (SSSR count). The molecule has 0 aliphatic heterocycles. The maximum Gasteiger partial charge on any atom is 1.00 e. The molecule has 168 valence electrons. The Morgan fingerprint density at radius 2 is 1.91 bits per heavy atom. The first kappa shape index (κ1) is 26.1. The van der Waals surface area contributed by atoms with E-state index in [2.05, 4.69) is 25.0 Å². The fraction of sp³-hybridized carbons (Fsp3) is 0.286. The number of nitrogens with one attached hydrogen (secondary N) is 3.